The largest absolute Gasteiger partial charge is 0.417 e. The lowest BCUT2D eigenvalue weighted by molar-refractivity contribution is -0.138. The molecule has 2 aromatic rings. The van der Waals surface area contributed by atoms with E-state index in [2.05, 4.69) is 66.0 Å². The Morgan fingerprint density at radius 1 is 1.05 bits per heavy atom. The van der Waals surface area contributed by atoms with Crippen molar-refractivity contribution in [2.24, 2.45) is 5.41 Å². The molecule has 1 spiro atoms. The summed E-state index contributed by atoms with van der Waals surface area (Å²) in [6.07, 6.45) is 3.17. The maximum atomic E-state index is 13.4. The van der Waals surface area contributed by atoms with Crippen molar-refractivity contribution in [3.05, 3.63) is 57.7 Å². The van der Waals surface area contributed by atoms with Gasteiger partial charge in [0.25, 0.3) is 0 Å². The Labute approximate surface area is 244 Å². The van der Waals surface area contributed by atoms with Crippen molar-refractivity contribution in [2.45, 2.75) is 109 Å². The van der Waals surface area contributed by atoms with Gasteiger partial charge < -0.3 is 13.7 Å². The SMILES string of the molecule is CC(C)c1nc2c(c3c1C(c1ccc(C(F)(F)F)cn1)OC31CCOCC1)C(OS(C)(C)C(C)(C)C)CC(C)(C)C2. The number of rotatable bonds is 4. The van der Waals surface area contributed by atoms with Crippen LogP contribution in [0.25, 0.3) is 0 Å². The Kier molecular flexibility index (Phi) is 7.66. The van der Waals surface area contributed by atoms with Crippen molar-refractivity contribution < 1.29 is 26.8 Å². The molecule has 0 saturated carbocycles. The van der Waals surface area contributed by atoms with Crippen LogP contribution in [-0.2, 0) is 31.9 Å². The first kappa shape index (κ1) is 30.8. The highest BCUT2D eigenvalue weighted by molar-refractivity contribution is 8.29. The van der Waals surface area contributed by atoms with E-state index in [9.17, 15) is 13.2 Å². The molecule has 2 aromatic heterocycles. The molecular weight excluding hydrogens is 549 g/mol. The number of aromatic nitrogens is 2. The van der Waals surface area contributed by atoms with E-state index in [0.717, 1.165) is 53.2 Å². The van der Waals surface area contributed by atoms with Crippen LogP contribution in [0.15, 0.2) is 18.3 Å². The van der Waals surface area contributed by atoms with Crippen LogP contribution < -0.4 is 0 Å². The molecule has 0 N–H and O–H groups in total. The first-order chi connectivity index (χ1) is 18.9. The molecule has 228 valence electrons. The van der Waals surface area contributed by atoms with Gasteiger partial charge in [0.2, 0.25) is 0 Å². The fourth-order valence-corrected chi connectivity index (χ4v) is 7.39. The predicted molar refractivity (Wildman–Crippen MR) is 157 cm³/mol. The minimum absolute atomic E-state index is 0.00274. The number of halogens is 3. The first-order valence-electron chi connectivity index (χ1n) is 14.6. The number of pyridine rings is 2. The maximum absolute atomic E-state index is 13.4. The smallest absolute Gasteiger partial charge is 0.381 e. The molecule has 2 unspecified atom stereocenters. The molecule has 3 aliphatic rings. The Hall–Kier alpha value is -1.68. The zero-order valence-electron chi connectivity index (χ0n) is 25.9. The molecule has 1 fully saturated rings. The molecule has 4 heterocycles. The fourth-order valence-electron chi connectivity index (χ4n) is 6.36. The standard InChI is InChI=1S/C32H45F3N2O3S/c1-19(2)27-25-26(24-22(37-27)16-30(6,7)17-23(24)40-41(8,9)29(3,4)5)31(12-14-38-15-13-31)39-28(25)21-11-10-20(18-36-21)32(33,34)35/h10-11,18-19,23,28H,12-17H2,1-9H3. The van der Waals surface area contributed by atoms with Crippen LogP contribution in [0, 0.1) is 5.41 Å². The minimum Gasteiger partial charge on any atom is -0.381 e. The summed E-state index contributed by atoms with van der Waals surface area (Å²) in [7, 11) is -1.47. The van der Waals surface area contributed by atoms with Gasteiger partial charge in [-0.1, -0.05) is 48.5 Å². The lowest BCUT2D eigenvalue weighted by atomic mass is 9.70. The molecule has 2 atom stereocenters. The van der Waals surface area contributed by atoms with Crippen LogP contribution in [0.4, 0.5) is 13.2 Å². The van der Waals surface area contributed by atoms with E-state index in [1.807, 2.05) is 0 Å². The van der Waals surface area contributed by atoms with Gasteiger partial charge in [-0.25, -0.2) is 0 Å². The van der Waals surface area contributed by atoms with Gasteiger partial charge >= 0.3 is 6.18 Å². The van der Waals surface area contributed by atoms with Gasteiger partial charge in [-0.05, 0) is 54.4 Å². The average molecular weight is 595 g/mol. The Bertz CT molecular complexity index is 1290. The van der Waals surface area contributed by atoms with Gasteiger partial charge in [0, 0.05) is 59.5 Å². The highest BCUT2D eigenvalue weighted by Gasteiger charge is 2.53. The second-order valence-electron chi connectivity index (χ2n) is 14.4. The molecular formula is C32H45F3N2O3S. The van der Waals surface area contributed by atoms with Crippen molar-refractivity contribution in [1.29, 1.82) is 0 Å². The number of alkyl halides is 3. The summed E-state index contributed by atoms with van der Waals surface area (Å²) in [5.41, 5.74) is 4.29. The molecule has 9 heteroatoms. The van der Waals surface area contributed by atoms with Crippen molar-refractivity contribution >= 4 is 10.3 Å². The average Bonchev–Trinajstić information content (AvgIpc) is 3.15. The van der Waals surface area contributed by atoms with Gasteiger partial charge in [0.1, 0.15) is 6.10 Å². The summed E-state index contributed by atoms with van der Waals surface area (Å²) in [6, 6.07) is 2.56. The Morgan fingerprint density at radius 3 is 2.24 bits per heavy atom. The van der Waals surface area contributed by atoms with Crippen LogP contribution in [-0.4, -0.2) is 40.4 Å². The third kappa shape index (κ3) is 5.56. The van der Waals surface area contributed by atoms with E-state index < -0.39 is 33.8 Å². The summed E-state index contributed by atoms with van der Waals surface area (Å²) in [6.45, 7) is 16.6. The van der Waals surface area contributed by atoms with Gasteiger partial charge in [-0.15, -0.1) is 10.3 Å². The van der Waals surface area contributed by atoms with Crippen molar-refractivity contribution in [3.8, 4) is 0 Å². The van der Waals surface area contributed by atoms with E-state index in [-0.39, 0.29) is 22.2 Å². The summed E-state index contributed by atoms with van der Waals surface area (Å²) < 4.78 is 60.2. The summed E-state index contributed by atoms with van der Waals surface area (Å²) in [4.78, 5) is 9.66. The van der Waals surface area contributed by atoms with Crippen molar-refractivity contribution in [3.63, 3.8) is 0 Å². The van der Waals surface area contributed by atoms with E-state index in [0.29, 0.717) is 31.7 Å². The van der Waals surface area contributed by atoms with Gasteiger partial charge in [0.15, 0.2) is 0 Å². The van der Waals surface area contributed by atoms with E-state index in [4.69, 9.17) is 18.6 Å². The molecule has 0 bridgehead atoms. The lowest BCUT2D eigenvalue weighted by Gasteiger charge is -2.49. The van der Waals surface area contributed by atoms with E-state index in [1.165, 1.54) is 6.07 Å². The minimum atomic E-state index is -4.45. The van der Waals surface area contributed by atoms with Crippen LogP contribution in [0.2, 0.25) is 0 Å². The monoisotopic (exact) mass is 594 g/mol. The van der Waals surface area contributed by atoms with Gasteiger partial charge in [-0.3, -0.25) is 9.97 Å². The number of hydrogen-bond donors (Lipinski definition) is 0. The molecule has 0 amide bonds. The van der Waals surface area contributed by atoms with Crippen molar-refractivity contribution in [2.75, 3.05) is 25.7 Å². The van der Waals surface area contributed by atoms with Crippen LogP contribution in [0.1, 0.15) is 125 Å². The predicted octanol–water partition coefficient (Wildman–Crippen LogP) is 8.55. The second kappa shape index (κ2) is 10.2. The highest BCUT2D eigenvalue weighted by Crippen LogP contribution is 2.62. The third-order valence-corrected chi connectivity index (χ3v) is 12.9. The number of ether oxygens (including phenoxy) is 2. The molecule has 0 radical (unpaired) electrons. The topological polar surface area (TPSA) is 53.5 Å². The van der Waals surface area contributed by atoms with Gasteiger partial charge in [0.05, 0.1) is 23.0 Å². The van der Waals surface area contributed by atoms with Gasteiger partial charge in [-0.2, -0.15) is 13.2 Å². The van der Waals surface area contributed by atoms with E-state index in [1.54, 1.807) is 0 Å². The van der Waals surface area contributed by atoms with Crippen molar-refractivity contribution in [1.82, 2.24) is 9.97 Å². The normalized spacial score (nSPS) is 24.4. The molecule has 1 aliphatic carbocycles. The van der Waals surface area contributed by atoms with Crippen LogP contribution in [0.3, 0.4) is 0 Å². The third-order valence-electron chi connectivity index (χ3n) is 9.21. The summed E-state index contributed by atoms with van der Waals surface area (Å²) in [5, 5.41) is 0. The Balaban J connectivity index is 1.76. The van der Waals surface area contributed by atoms with E-state index >= 15 is 0 Å². The first-order valence-corrected chi connectivity index (χ1v) is 17.0. The molecule has 0 aromatic carbocycles. The second-order valence-corrected chi connectivity index (χ2v) is 18.2. The zero-order chi connectivity index (χ0) is 30.2. The molecule has 5 rings (SSSR count). The number of nitrogens with zero attached hydrogens (tertiary/aromatic N) is 2. The number of fused-ring (bicyclic) bond motifs is 4. The lowest BCUT2D eigenvalue weighted by Crippen LogP contribution is -2.38. The molecule has 41 heavy (non-hydrogen) atoms. The molecule has 1 saturated heterocycles. The maximum Gasteiger partial charge on any atom is 0.417 e. The quantitative estimate of drug-likeness (QED) is 0.355. The molecule has 2 aliphatic heterocycles. The number of hydrogen-bond acceptors (Lipinski definition) is 5. The van der Waals surface area contributed by atoms with Crippen LogP contribution >= 0.6 is 10.3 Å². The summed E-state index contributed by atoms with van der Waals surface area (Å²) in [5.74, 6) is 0.0886. The fraction of sp³-hybridized carbons (Fsp3) is 0.688. The molecule has 5 nitrogen and oxygen atoms in total. The zero-order valence-corrected chi connectivity index (χ0v) is 26.7. The van der Waals surface area contributed by atoms with Crippen LogP contribution in [0.5, 0.6) is 0 Å². The highest BCUT2D eigenvalue weighted by atomic mass is 32.3. The Morgan fingerprint density at radius 2 is 1.71 bits per heavy atom. The summed E-state index contributed by atoms with van der Waals surface area (Å²) >= 11 is 0.